The first-order chi connectivity index (χ1) is 30.0. The summed E-state index contributed by atoms with van der Waals surface area (Å²) in [5.41, 5.74) is 0.701. The molecule has 0 amide bonds. The first-order valence-corrected chi connectivity index (χ1v) is 18.8. The third-order valence-electron chi connectivity index (χ3n) is 8.26. The van der Waals surface area contributed by atoms with Gasteiger partial charge in [0.15, 0.2) is 0 Å². The highest BCUT2D eigenvalue weighted by Gasteiger charge is 2.16. The number of methoxy groups -OCH3 is 1. The number of hydrogen-bond donors (Lipinski definition) is 0. The van der Waals surface area contributed by atoms with Gasteiger partial charge in [0, 0.05) is 6.08 Å². The lowest BCUT2D eigenvalue weighted by atomic mass is 10.2. The van der Waals surface area contributed by atoms with Crippen LogP contribution in [0.2, 0.25) is 0 Å². The lowest BCUT2D eigenvalue weighted by molar-refractivity contribution is -0.137. The predicted molar refractivity (Wildman–Crippen MR) is 217 cm³/mol. The van der Waals surface area contributed by atoms with Crippen molar-refractivity contribution in [1.29, 1.82) is 0 Å². The second kappa shape index (κ2) is 22.8. The van der Waals surface area contributed by atoms with Crippen LogP contribution in [0.25, 0.3) is 0 Å². The molecular formula is C46H38O16. The number of hydrogen-bond acceptors (Lipinski definition) is 16. The molecule has 0 aliphatic carbocycles. The standard InChI is InChI=1S/C46H38O16/c1-3-40(47)55-28-6-4-5-7-29-56-46(53)62-39-22-14-33(15-23-39)42(49)58-35-18-10-31(11-19-35)44(51)60-37-26-24-36(25-27-37)59-43(50)30-8-16-34(17-9-30)57-41(48)32-12-20-38(21-13-32)61-45(52)54-2/h3,8-27H,1,4-7,28-29H2,2H3. The zero-order chi connectivity index (χ0) is 44.3. The van der Waals surface area contributed by atoms with Gasteiger partial charge in [-0.15, -0.1) is 0 Å². The molecule has 5 rings (SSSR count). The Morgan fingerprint density at radius 2 is 0.661 bits per heavy atom. The highest BCUT2D eigenvalue weighted by Crippen LogP contribution is 2.23. The maximum Gasteiger partial charge on any atom is 0.513 e. The number of rotatable bonds is 18. The van der Waals surface area contributed by atoms with Crippen molar-refractivity contribution < 1.29 is 76.2 Å². The van der Waals surface area contributed by atoms with E-state index >= 15 is 0 Å². The molecule has 0 aliphatic rings. The summed E-state index contributed by atoms with van der Waals surface area (Å²) in [5.74, 6) is -2.22. The van der Waals surface area contributed by atoms with Crippen molar-refractivity contribution in [2.75, 3.05) is 20.3 Å². The average molecular weight is 847 g/mol. The Bertz CT molecular complexity index is 2350. The van der Waals surface area contributed by atoms with Crippen molar-refractivity contribution in [1.82, 2.24) is 0 Å². The number of carbonyl (C=O) groups is 7. The van der Waals surface area contributed by atoms with Crippen molar-refractivity contribution in [3.63, 3.8) is 0 Å². The summed E-state index contributed by atoms with van der Waals surface area (Å²) in [6.45, 7) is 3.78. The molecule has 0 saturated carbocycles. The van der Waals surface area contributed by atoms with E-state index < -0.39 is 42.2 Å². The fourth-order valence-electron chi connectivity index (χ4n) is 5.08. The van der Waals surface area contributed by atoms with E-state index in [0.29, 0.717) is 19.4 Å². The molecule has 0 unspecified atom stereocenters. The lowest BCUT2D eigenvalue weighted by Crippen LogP contribution is -2.12. The number of esters is 5. The molecule has 0 saturated heterocycles. The monoisotopic (exact) mass is 846 g/mol. The maximum absolute atomic E-state index is 12.8. The van der Waals surface area contributed by atoms with Crippen LogP contribution >= 0.6 is 0 Å². The van der Waals surface area contributed by atoms with Gasteiger partial charge in [-0.1, -0.05) is 6.58 Å². The van der Waals surface area contributed by atoms with Gasteiger partial charge in [-0.3, -0.25) is 0 Å². The van der Waals surface area contributed by atoms with Crippen LogP contribution in [0.5, 0.6) is 34.5 Å². The zero-order valence-corrected chi connectivity index (χ0v) is 33.1. The summed E-state index contributed by atoms with van der Waals surface area (Å²) in [5, 5.41) is 0. The second-order valence-corrected chi connectivity index (χ2v) is 12.7. The van der Waals surface area contributed by atoms with E-state index in [1.807, 2.05) is 0 Å². The fourth-order valence-corrected chi connectivity index (χ4v) is 5.08. The van der Waals surface area contributed by atoms with E-state index in [2.05, 4.69) is 11.3 Å². The van der Waals surface area contributed by atoms with Crippen molar-refractivity contribution in [2.24, 2.45) is 0 Å². The fraction of sp³-hybridized carbons (Fsp3) is 0.152. The zero-order valence-electron chi connectivity index (χ0n) is 33.1. The molecule has 16 heteroatoms. The van der Waals surface area contributed by atoms with Crippen LogP contribution in [0, 0.1) is 0 Å². The molecule has 0 spiro atoms. The van der Waals surface area contributed by atoms with Crippen LogP contribution in [0.3, 0.4) is 0 Å². The highest BCUT2D eigenvalue weighted by molar-refractivity contribution is 5.94. The van der Waals surface area contributed by atoms with Gasteiger partial charge in [0.05, 0.1) is 42.6 Å². The SMILES string of the molecule is C=CC(=O)OCCCCCCOC(=O)Oc1ccc(C(=O)Oc2ccc(C(=O)Oc3ccc(OC(=O)c4ccc(OC(=O)c5ccc(OC(=O)OC)cc5)cc4)cc3)cc2)cc1. The molecule has 62 heavy (non-hydrogen) atoms. The van der Waals surface area contributed by atoms with Crippen molar-refractivity contribution in [3.8, 4) is 34.5 Å². The van der Waals surface area contributed by atoms with Crippen LogP contribution in [0.1, 0.15) is 67.1 Å². The molecule has 0 atom stereocenters. The molecule has 0 heterocycles. The van der Waals surface area contributed by atoms with E-state index in [-0.39, 0.29) is 63.4 Å². The Kier molecular flexibility index (Phi) is 16.5. The summed E-state index contributed by atoms with van der Waals surface area (Å²) in [6, 6.07) is 28.4. The summed E-state index contributed by atoms with van der Waals surface area (Å²) < 4.78 is 45.9. The van der Waals surface area contributed by atoms with Gasteiger partial charge in [-0.25, -0.2) is 33.6 Å². The summed E-state index contributed by atoms with van der Waals surface area (Å²) in [7, 11) is 1.17. The Morgan fingerprint density at radius 3 is 0.968 bits per heavy atom. The van der Waals surface area contributed by atoms with Gasteiger partial charge in [-0.05, 0) is 147 Å². The lowest BCUT2D eigenvalue weighted by Gasteiger charge is -2.09. The van der Waals surface area contributed by atoms with Crippen LogP contribution < -0.4 is 28.4 Å². The Balaban J connectivity index is 1.01. The molecule has 5 aromatic rings. The van der Waals surface area contributed by atoms with Crippen molar-refractivity contribution in [2.45, 2.75) is 25.7 Å². The summed E-state index contributed by atoms with van der Waals surface area (Å²) >= 11 is 0. The molecular weight excluding hydrogens is 808 g/mol. The topological polar surface area (TPSA) is 203 Å². The average Bonchev–Trinajstić information content (AvgIpc) is 3.28. The molecule has 0 fully saturated rings. The van der Waals surface area contributed by atoms with Gasteiger partial charge in [0.2, 0.25) is 0 Å². The van der Waals surface area contributed by atoms with Gasteiger partial charge < -0.3 is 42.6 Å². The molecule has 0 radical (unpaired) electrons. The molecule has 0 aromatic heterocycles. The quantitative estimate of drug-likeness (QED) is 0.0202. The normalized spacial score (nSPS) is 10.3. The predicted octanol–water partition coefficient (Wildman–Crippen LogP) is 8.51. The second-order valence-electron chi connectivity index (χ2n) is 12.7. The summed E-state index contributed by atoms with van der Waals surface area (Å²) in [4.78, 5) is 84.9. The number of unbranched alkanes of at least 4 members (excludes halogenated alkanes) is 3. The third-order valence-corrected chi connectivity index (χ3v) is 8.26. The van der Waals surface area contributed by atoms with Gasteiger partial charge in [0.1, 0.15) is 34.5 Å². The van der Waals surface area contributed by atoms with E-state index in [1.165, 1.54) is 128 Å². The number of carbonyl (C=O) groups excluding carboxylic acids is 7. The van der Waals surface area contributed by atoms with Gasteiger partial charge in [0.25, 0.3) is 0 Å². The largest absolute Gasteiger partial charge is 0.513 e. The van der Waals surface area contributed by atoms with Crippen LogP contribution in [-0.4, -0.2) is 62.5 Å². The van der Waals surface area contributed by atoms with Gasteiger partial charge >= 0.3 is 42.2 Å². The summed E-state index contributed by atoms with van der Waals surface area (Å²) in [6.07, 6.45) is 2.17. The third kappa shape index (κ3) is 14.2. The van der Waals surface area contributed by atoms with Crippen molar-refractivity contribution in [3.05, 3.63) is 156 Å². The smallest absolute Gasteiger partial charge is 0.463 e. The molecule has 16 nitrogen and oxygen atoms in total. The minimum absolute atomic E-state index is 0.154. The molecule has 0 bridgehead atoms. The minimum Gasteiger partial charge on any atom is -0.463 e. The Labute approximate surface area is 354 Å². The highest BCUT2D eigenvalue weighted by atomic mass is 16.7. The Hall–Kier alpha value is -8.27. The van der Waals surface area contributed by atoms with Crippen LogP contribution in [0.4, 0.5) is 9.59 Å². The van der Waals surface area contributed by atoms with E-state index in [1.54, 1.807) is 0 Å². The number of benzene rings is 5. The Morgan fingerprint density at radius 1 is 0.387 bits per heavy atom. The van der Waals surface area contributed by atoms with Crippen LogP contribution in [0.15, 0.2) is 134 Å². The molecule has 318 valence electrons. The van der Waals surface area contributed by atoms with Crippen LogP contribution in [-0.2, 0) is 19.0 Å². The van der Waals surface area contributed by atoms with Gasteiger partial charge in [-0.2, -0.15) is 0 Å². The van der Waals surface area contributed by atoms with E-state index in [4.69, 9.17) is 37.9 Å². The van der Waals surface area contributed by atoms with Crippen molar-refractivity contribution >= 4 is 42.2 Å². The molecule has 0 N–H and O–H groups in total. The first-order valence-electron chi connectivity index (χ1n) is 18.8. The van der Waals surface area contributed by atoms with E-state index in [9.17, 15) is 33.6 Å². The first kappa shape index (κ1) is 44.8. The molecule has 0 aliphatic heterocycles. The van der Waals surface area contributed by atoms with E-state index in [0.717, 1.165) is 18.9 Å². The number of ether oxygens (including phenoxy) is 9. The molecule has 5 aromatic carbocycles. The maximum atomic E-state index is 12.8. The minimum atomic E-state index is -0.899.